The monoisotopic (exact) mass is 448 g/mol. The molecular weight excluding hydrogens is 421 g/mol. The summed E-state index contributed by atoms with van der Waals surface area (Å²) in [7, 11) is 3.63. The van der Waals surface area contributed by atoms with Crippen LogP contribution in [0, 0.1) is 0 Å². The number of methoxy groups -OCH3 is 1. The lowest BCUT2D eigenvalue weighted by Gasteiger charge is -2.17. The molecule has 0 aliphatic rings. The van der Waals surface area contributed by atoms with Crippen LogP contribution in [0.1, 0.15) is 18.9 Å². The number of carboxylic acid groups (broad SMARTS) is 1. The van der Waals surface area contributed by atoms with Gasteiger partial charge in [-0.3, -0.25) is 9.59 Å². The van der Waals surface area contributed by atoms with Crippen LogP contribution in [-0.2, 0) is 25.7 Å². The van der Waals surface area contributed by atoms with E-state index in [0.717, 1.165) is 18.8 Å². The Hall–Kier alpha value is -3.08. The number of carbonyl (C=O) groups excluding carboxylic acids is 2. The van der Waals surface area contributed by atoms with Crippen LogP contribution in [0.5, 0.6) is 5.75 Å². The van der Waals surface area contributed by atoms with Crippen LogP contribution in [0.25, 0.3) is 0 Å². The predicted octanol–water partition coefficient (Wildman–Crippen LogP) is 2.39. The van der Waals surface area contributed by atoms with E-state index in [-0.39, 0.29) is 18.5 Å². The second-order valence-corrected chi connectivity index (χ2v) is 6.34. The Morgan fingerprint density at radius 2 is 1.74 bits per heavy atom. The number of amides is 1. The van der Waals surface area contributed by atoms with E-state index in [2.05, 4.69) is 16.8 Å². The summed E-state index contributed by atoms with van der Waals surface area (Å²) in [6, 6.07) is 7.89. The van der Waals surface area contributed by atoms with Gasteiger partial charge in [-0.05, 0) is 24.7 Å². The average molecular weight is 448 g/mol. The molecule has 0 bridgehead atoms. The molecule has 0 fully saturated rings. The number of rotatable bonds is 10. The van der Waals surface area contributed by atoms with Crippen LogP contribution in [0.3, 0.4) is 0 Å². The number of carboxylic acids is 1. The largest absolute Gasteiger partial charge is 0.497 e. The Morgan fingerprint density at radius 1 is 1.19 bits per heavy atom. The summed E-state index contributed by atoms with van der Waals surface area (Å²) in [5.41, 5.74) is 1.59. The third kappa shape index (κ3) is 13.7. The first kappa shape index (κ1) is 27.9. The third-order valence-corrected chi connectivity index (χ3v) is 3.66. The fourth-order valence-electron chi connectivity index (χ4n) is 2.04. The normalized spacial score (nSPS) is 10.5. The maximum atomic E-state index is 11.8. The molecule has 174 valence electrons. The van der Waals surface area contributed by atoms with Crippen LogP contribution >= 0.6 is 0 Å². The maximum Gasteiger partial charge on any atom is 0.490 e. The first-order valence-electron chi connectivity index (χ1n) is 9.07. The standard InChI is InChI=1S/C18H26N2O4.C2HF3O2/c1-14(9-12-24-15(2)21)18(22)19-10-11-20(3)13-16-5-7-17(23-4)8-6-16;3-2(4,5)1(6)7/h5-8H,1,9-13H2,2-4H3,(H,19,22);(H,6,7). The number of hydrogen-bond acceptors (Lipinski definition) is 6. The molecule has 11 heteroatoms. The number of benzene rings is 1. The van der Waals surface area contributed by atoms with Gasteiger partial charge in [-0.2, -0.15) is 13.2 Å². The van der Waals surface area contributed by atoms with E-state index < -0.39 is 12.1 Å². The van der Waals surface area contributed by atoms with Crippen LogP contribution in [-0.4, -0.2) is 67.9 Å². The zero-order chi connectivity index (χ0) is 24.0. The summed E-state index contributed by atoms with van der Waals surface area (Å²) in [6.07, 6.45) is -4.74. The van der Waals surface area contributed by atoms with E-state index in [4.69, 9.17) is 19.4 Å². The van der Waals surface area contributed by atoms with Crippen molar-refractivity contribution in [3.05, 3.63) is 42.0 Å². The molecular formula is C20H27F3N2O6. The first-order valence-corrected chi connectivity index (χ1v) is 9.07. The molecule has 31 heavy (non-hydrogen) atoms. The molecule has 2 N–H and O–H groups in total. The van der Waals surface area contributed by atoms with E-state index in [1.165, 1.54) is 12.5 Å². The second-order valence-electron chi connectivity index (χ2n) is 6.34. The molecule has 0 heterocycles. The highest BCUT2D eigenvalue weighted by molar-refractivity contribution is 5.92. The molecule has 0 atom stereocenters. The average Bonchev–Trinajstić information content (AvgIpc) is 2.67. The summed E-state index contributed by atoms with van der Waals surface area (Å²) >= 11 is 0. The molecule has 0 aliphatic carbocycles. The molecule has 1 rings (SSSR count). The molecule has 0 aliphatic heterocycles. The van der Waals surface area contributed by atoms with Crippen molar-refractivity contribution < 1.29 is 42.1 Å². The number of carbonyl (C=O) groups is 3. The molecule has 0 spiro atoms. The lowest BCUT2D eigenvalue weighted by Crippen LogP contribution is -2.33. The number of hydrogen-bond donors (Lipinski definition) is 2. The second kappa shape index (κ2) is 14.0. The van der Waals surface area contributed by atoms with Crippen molar-refractivity contribution in [2.45, 2.75) is 26.1 Å². The fourth-order valence-corrected chi connectivity index (χ4v) is 2.04. The highest BCUT2D eigenvalue weighted by Crippen LogP contribution is 2.13. The number of esters is 1. The van der Waals surface area contributed by atoms with Crippen molar-refractivity contribution in [2.75, 3.05) is 33.9 Å². The first-order chi connectivity index (χ1) is 14.4. The minimum absolute atomic E-state index is 0.180. The highest BCUT2D eigenvalue weighted by Gasteiger charge is 2.38. The third-order valence-electron chi connectivity index (χ3n) is 3.66. The van der Waals surface area contributed by atoms with E-state index >= 15 is 0 Å². The molecule has 8 nitrogen and oxygen atoms in total. The Morgan fingerprint density at radius 3 is 2.19 bits per heavy atom. The van der Waals surface area contributed by atoms with Crippen molar-refractivity contribution >= 4 is 17.8 Å². The van der Waals surface area contributed by atoms with Gasteiger partial charge in [0.2, 0.25) is 5.91 Å². The number of ether oxygens (including phenoxy) is 2. The van der Waals surface area contributed by atoms with Gasteiger partial charge in [0.05, 0.1) is 13.7 Å². The topological polar surface area (TPSA) is 105 Å². The Labute approximate surface area is 178 Å². The van der Waals surface area contributed by atoms with Crippen molar-refractivity contribution in [2.24, 2.45) is 0 Å². The van der Waals surface area contributed by atoms with E-state index in [1.807, 2.05) is 31.3 Å². The van der Waals surface area contributed by atoms with Gasteiger partial charge in [-0.25, -0.2) is 4.79 Å². The minimum Gasteiger partial charge on any atom is -0.497 e. The fraction of sp³-hybridized carbons (Fsp3) is 0.450. The molecule has 0 aromatic heterocycles. The van der Waals surface area contributed by atoms with Gasteiger partial charge >= 0.3 is 18.1 Å². The molecule has 1 amide bonds. The number of alkyl halides is 3. The van der Waals surface area contributed by atoms with Gasteiger partial charge in [0.25, 0.3) is 0 Å². The maximum absolute atomic E-state index is 11.8. The number of nitrogens with one attached hydrogen (secondary N) is 1. The summed E-state index contributed by atoms with van der Waals surface area (Å²) in [5.74, 6) is -2.49. The summed E-state index contributed by atoms with van der Waals surface area (Å²) < 4.78 is 41.7. The van der Waals surface area contributed by atoms with Gasteiger partial charge in [0.1, 0.15) is 5.75 Å². The lowest BCUT2D eigenvalue weighted by atomic mass is 10.2. The smallest absolute Gasteiger partial charge is 0.490 e. The van der Waals surface area contributed by atoms with E-state index in [9.17, 15) is 22.8 Å². The van der Waals surface area contributed by atoms with Crippen LogP contribution < -0.4 is 10.1 Å². The van der Waals surface area contributed by atoms with Crippen LogP contribution in [0.4, 0.5) is 13.2 Å². The zero-order valence-corrected chi connectivity index (χ0v) is 17.6. The molecule has 0 saturated heterocycles. The Balaban J connectivity index is 0.00000110. The van der Waals surface area contributed by atoms with Gasteiger partial charge < -0.3 is 24.8 Å². The van der Waals surface area contributed by atoms with Gasteiger partial charge in [0, 0.05) is 38.6 Å². The highest BCUT2D eigenvalue weighted by atomic mass is 19.4. The summed E-state index contributed by atoms with van der Waals surface area (Å²) in [5, 5.41) is 9.94. The van der Waals surface area contributed by atoms with Crippen molar-refractivity contribution in [3.8, 4) is 5.75 Å². The van der Waals surface area contributed by atoms with E-state index in [1.54, 1.807) is 7.11 Å². The van der Waals surface area contributed by atoms with E-state index in [0.29, 0.717) is 18.5 Å². The molecule has 0 radical (unpaired) electrons. The van der Waals surface area contributed by atoms with Crippen molar-refractivity contribution in [1.82, 2.24) is 10.2 Å². The Bertz CT molecular complexity index is 735. The Kier molecular flexibility index (Phi) is 12.6. The minimum atomic E-state index is -5.08. The number of aliphatic carboxylic acids is 1. The summed E-state index contributed by atoms with van der Waals surface area (Å²) in [4.78, 5) is 33.5. The molecule has 0 saturated carbocycles. The van der Waals surface area contributed by atoms with Crippen molar-refractivity contribution in [3.63, 3.8) is 0 Å². The zero-order valence-electron chi connectivity index (χ0n) is 17.6. The molecule has 0 unspecified atom stereocenters. The lowest BCUT2D eigenvalue weighted by molar-refractivity contribution is -0.192. The predicted molar refractivity (Wildman–Crippen MR) is 106 cm³/mol. The van der Waals surface area contributed by atoms with Gasteiger partial charge in [-0.15, -0.1) is 0 Å². The quantitative estimate of drug-likeness (QED) is 0.418. The van der Waals surface area contributed by atoms with Gasteiger partial charge in [-0.1, -0.05) is 18.7 Å². The number of nitrogens with zero attached hydrogens (tertiary/aromatic N) is 1. The summed E-state index contributed by atoms with van der Waals surface area (Å²) in [6.45, 7) is 7.25. The van der Waals surface area contributed by atoms with Crippen LogP contribution in [0.15, 0.2) is 36.4 Å². The number of halogens is 3. The van der Waals surface area contributed by atoms with Gasteiger partial charge in [0.15, 0.2) is 0 Å². The van der Waals surface area contributed by atoms with Crippen molar-refractivity contribution in [1.29, 1.82) is 0 Å². The number of likely N-dealkylation sites (N-methyl/N-ethyl adjacent to an activating group) is 1. The molecule has 1 aromatic carbocycles. The molecule has 1 aromatic rings. The SMILES string of the molecule is C=C(CCOC(C)=O)C(=O)NCCN(C)Cc1ccc(OC)cc1.O=C(O)C(F)(F)F. The van der Waals surface area contributed by atoms with Crippen LogP contribution in [0.2, 0.25) is 0 Å².